The molecule has 0 aromatic carbocycles. The highest BCUT2D eigenvalue weighted by molar-refractivity contribution is 5.50. The molecule has 2 nitrogen and oxygen atoms in total. The zero-order chi connectivity index (χ0) is 11.3. The van der Waals surface area contributed by atoms with Crippen LogP contribution in [0.5, 0.6) is 0 Å². The molecule has 3 rings (SSSR count). The van der Waals surface area contributed by atoms with Gasteiger partial charge in [-0.3, -0.25) is 0 Å². The molecule has 0 spiro atoms. The molecule has 2 aromatic heterocycles. The number of fused-ring (bicyclic) bond motifs is 1. The Balaban J connectivity index is 2.21. The van der Waals surface area contributed by atoms with Gasteiger partial charge in [0.25, 0.3) is 0 Å². The summed E-state index contributed by atoms with van der Waals surface area (Å²) in [6, 6.07) is 5.86. The number of hydrogen-bond donors (Lipinski definition) is 0. The third-order valence-corrected chi connectivity index (χ3v) is 2.79. The Morgan fingerprint density at radius 1 is 1.25 bits per heavy atom. The highest BCUT2D eigenvalue weighted by Gasteiger charge is 2.35. The lowest BCUT2D eigenvalue weighted by Gasteiger charge is -2.07. The van der Waals surface area contributed by atoms with Crippen molar-refractivity contribution in [3.8, 4) is 0 Å². The van der Waals surface area contributed by atoms with E-state index in [0.717, 1.165) is 29.1 Å². The maximum Gasteiger partial charge on any atom is 0.433 e. The molecule has 0 bridgehead atoms. The molecule has 16 heavy (non-hydrogen) atoms. The van der Waals surface area contributed by atoms with Gasteiger partial charge in [-0.15, -0.1) is 0 Å². The van der Waals surface area contributed by atoms with E-state index in [1.807, 2.05) is 0 Å². The lowest BCUT2D eigenvalue weighted by atomic mass is 10.2. The van der Waals surface area contributed by atoms with E-state index in [1.165, 1.54) is 6.07 Å². The zero-order valence-electron chi connectivity index (χ0n) is 8.33. The molecule has 0 atom stereocenters. The lowest BCUT2D eigenvalue weighted by molar-refractivity contribution is -0.142. The van der Waals surface area contributed by atoms with Crippen molar-refractivity contribution in [3.63, 3.8) is 0 Å². The van der Waals surface area contributed by atoms with Crippen molar-refractivity contribution in [2.24, 2.45) is 0 Å². The Labute approximate surface area is 89.7 Å². The molecule has 1 saturated carbocycles. The van der Waals surface area contributed by atoms with Crippen molar-refractivity contribution in [1.29, 1.82) is 0 Å². The van der Waals surface area contributed by atoms with Crippen LogP contribution in [0.15, 0.2) is 24.3 Å². The summed E-state index contributed by atoms with van der Waals surface area (Å²) in [6.45, 7) is 0. The first-order valence-corrected chi connectivity index (χ1v) is 5.11. The van der Waals surface area contributed by atoms with E-state index in [4.69, 9.17) is 0 Å². The fourth-order valence-corrected chi connectivity index (χ4v) is 1.83. The molecular weight excluding hydrogens is 217 g/mol. The molecule has 0 amide bonds. The first kappa shape index (κ1) is 9.69. The molecule has 1 aliphatic carbocycles. The second-order valence-corrected chi connectivity index (χ2v) is 4.09. The van der Waals surface area contributed by atoms with Gasteiger partial charge in [0.15, 0.2) is 0 Å². The van der Waals surface area contributed by atoms with E-state index in [-0.39, 0.29) is 0 Å². The third kappa shape index (κ3) is 1.47. The minimum absolute atomic E-state index is 0.362. The monoisotopic (exact) mass is 226 g/mol. The van der Waals surface area contributed by atoms with Crippen LogP contribution in [0.1, 0.15) is 30.1 Å². The maximum absolute atomic E-state index is 12.7. The van der Waals surface area contributed by atoms with Gasteiger partial charge >= 0.3 is 6.18 Å². The van der Waals surface area contributed by atoms with Gasteiger partial charge in [-0.25, -0.2) is 4.52 Å². The highest BCUT2D eigenvalue weighted by atomic mass is 19.4. The molecule has 0 aliphatic heterocycles. The summed E-state index contributed by atoms with van der Waals surface area (Å²) < 4.78 is 39.0. The van der Waals surface area contributed by atoms with E-state index in [2.05, 4.69) is 5.10 Å². The van der Waals surface area contributed by atoms with Crippen molar-refractivity contribution in [3.05, 3.63) is 35.7 Å². The van der Waals surface area contributed by atoms with Gasteiger partial charge in [0, 0.05) is 5.92 Å². The van der Waals surface area contributed by atoms with E-state index in [1.54, 1.807) is 12.1 Å². The third-order valence-electron chi connectivity index (χ3n) is 2.79. The Bertz CT molecular complexity index is 538. The molecular formula is C11H9F3N2. The molecule has 5 heteroatoms. The summed E-state index contributed by atoms with van der Waals surface area (Å²) in [5, 5.41) is 4.04. The van der Waals surface area contributed by atoms with Crippen molar-refractivity contribution < 1.29 is 13.2 Å². The maximum atomic E-state index is 12.7. The molecule has 2 aromatic rings. The summed E-state index contributed by atoms with van der Waals surface area (Å²) in [5.41, 5.74) is 0.574. The van der Waals surface area contributed by atoms with E-state index < -0.39 is 11.9 Å². The normalized spacial score (nSPS) is 16.9. The minimum Gasteiger partial charge on any atom is -0.228 e. The molecule has 0 unspecified atom stereocenters. The number of rotatable bonds is 1. The fourth-order valence-electron chi connectivity index (χ4n) is 1.83. The molecule has 1 aliphatic rings. The van der Waals surface area contributed by atoms with Gasteiger partial charge < -0.3 is 0 Å². The smallest absolute Gasteiger partial charge is 0.228 e. The number of pyridine rings is 1. The van der Waals surface area contributed by atoms with Crippen LogP contribution in [0.3, 0.4) is 0 Å². The zero-order valence-corrected chi connectivity index (χ0v) is 8.33. The van der Waals surface area contributed by atoms with E-state index in [9.17, 15) is 13.2 Å². The summed E-state index contributed by atoms with van der Waals surface area (Å²) >= 11 is 0. The molecule has 0 N–H and O–H groups in total. The summed E-state index contributed by atoms with van der Waals surface area (Å²) in [4.78, 5) is 0. The minimum atomic E-state index is -4.35. The van der Waals surface area contributed by atoms with Crippen LogP contribution >= 0.6 is 0 Å². The van der Waals surface area contributed by atoms with Crippen molar-refractivity contribution >= 4 is 5.52 Å². The summed E-state index contributed by atoms with van der Waals surface area (Å²) in [7, 11) is 0. The van der Waals surface area contributed by atoms with Crippen LogP contribution < -0.4 is 0 Å². The second-order valence-electron chi connectivity index (χ2n) is 4.09. The van der Waals surface area contributed by atoms with Crippen LogP contribution in [-0.4, -0.2) is 9.61 Å². The Morgan fingerprint density at radius 3 is 2.62 bits per heavy atom. The average molecular weight is 226 g/mol. The number of aromatic nitrogens is 2. The lowest BCUT2D eigenvalue weighted by Crippen LogP contribution is -2.12. The topological polar surface area (TPSA) is 17.3 Å². The molecule has 0 saturated heterocycles. The molecule has 2 heterocycles. The second kappa shape index (κ2) is 2.99. The van der Waals surface area contributed by atoms with Gasteiger partial charge in [0.2, 0.25) is 0 Å². The van der Waals surface area contributed by atoms with Gasteiger partial charge in [0.1, 0.15) is 5.69 Å². The van der Waals surface area contributed by atoms with Crippen LogP contribution in [0, 0.1) is 0 Å². The Hall–Kier alpha value is -1.52. The molecule has 1 fully saturated rings. The fraction of sp³-hybridized carbons (Fsp3) is 0.364. The number of hydrogen-bond acceptors (Lipinski definition) is 1. The highest BCUT2D eigenvalue weighted by Crippen LogP contribution is 2.40. The quantitative estimate of drug-likeness (QED) is 0.729. The standard InChI is InChI=1S/C11H9F3N2/c12-11(13,14)10-3-1-2-8-6-9(7-4-5-7)15-16(8)10/h1-3,6-7H,4-5H2. The van der Waals surface area contributed by atoms with Crippen LogP contribution in [0.4, 0.5) is 13.2 Å². The Kier molecular flexibility index (Phi) is 1.81. The Morgan fingerprint density at radius 2 is 2.00 bits per heavy atom. The predicted octanol–water partition coefficient (Wildman–Crippen LogP) is 3.23. The first-order chi connectivity index (χ1) is 7.55. The van der Waals surface area contributed by atoms with Gasteiger partial charge in [-0.2, -0.15) is 18.3 Å². The van der Waals surface area contributed by atoms with Crippen molar-refractivity contribution in [2.75, 3.05) is 0 Å². The van der Waals surface area contributed by atoms with Crippen LogP contribution in [0.2, 0.25) is 0 Å². The number of nitrogens with zero attached hydrogens (tertiary/aromatic N) is 2. The summed E-state index contributed by atoms with van der Waals surface area (Å²) in [5.74, 6) is 0.362. The molecule has 0 radical (unpaired) electrons. The predicted molar refractivity (Wildman–Crippen MR) is 52.2 cm³/mol. The van der Waals surface area contributed by atoms with E-state index in [0.29, 0.717) is 11.4 Å². The SMILES string of the molecule is FC(F)(F)c1cccc2cc(C3CC3)nn12. The van der Waals surface area contributed by atoms with Gasteiger partial charge in [0.05, 0.1) is 11.2 Å². The van der Waals surface area contributed by atoms with E-state index >= 15 is 0 Å². The largest absolute Gasteiger partial charge is 0.433 e. The van der Waals surface area contributed by atoms with Crippen LogP contribution in [-0.2, 0) is 6.18 Å². The van der Waals surface area contributed by atoms with Crippen molar-refractivity contribution in [2.45, 2.75) is 24.9 Å². The molecule has 84 valence electrons. The van der Waals surface area contributed by atoms with Crippen molar-refractivity contribution in [1.82, 2.24) is 9.61 Å². The van der Waals surface area contributed by atoms with Gasteiger partial charge in [-0.05, 0) is 31.0 Å². The summed E-state index contributed by atoms with van der Waals surface area (Å²) in [6.07, 6.45) is -2.29. The number of alkyl halides is 3. The van der Waals surface area contributed by atoms with Gasteiger partial charge in [-0.1, -0.05) is 6.07 Å². The average Bonchev–Trinajstić information content (AvgIpc) is 2.95. The number of halogens is 3. The van der Waals surface area contributed by atoms with Crippen LogP contribution in [0.25, 0.3) is 5.52 Å². The first-order valence-electron chi connectivity index (χ1n) is 5.11.